The molecule has 1 aliphatic rings. The van der Waals surface area contributed by atoms with Gasteiger partial charge in [0.1, 0.15) is 18.2 Å². The highest BCUT2D eigenvalue weighted by molar-refractivity contribution is 6.33. The second-order valence-corrected chi connectivity index (χ2v) is 8.19. The summed E-state index contributed by atoms with van der Waals surface area (Å²) >= 11 is 12.6. The van der Waals surface area contributed by atoms with Crippen LogP contribution in [0, 0.1) is 0 Å². The number of piperazine rings is 1. The van der Waals surface area contributed by atoms with E-state index in [1.807, 2.05) is 34.9 Å². The van der Waals surface area contributed by atoms with E-state index in [9.17, 15) is 9.90 Å². The van der Waals surface area contributed by atoms with Crippen LogP contribution in [0.4, 0.5) is 5.82 Å². The number of halogens is 2. The molecule has 10 heteroatoms. The lowest BCUT2D eigenvalue weighted by molar-refractivity contribution is -0.138. The van der Waals surface area contributed by atoms with Gasteiger partial charge in [-0.3, -0.25) is 4.57 Å². The molecule has 4 aromatic rings. The van der Waals surface area contributed by atoms with E-state index >= 15 is 0 Å². The zero-order chi connectivity index (χ0) is 22.2. The Kier molecular flexibility index (Phi) is 5.42. The number of anilines is 1. The summed E-state index contributed by atoms with van der Waals surface area (Å²) in [7, 11) is 0. The van der Waals surface area contributed by atoms with E-state index in [0.717, 1.165) is 11.3 Å². The summed E-state index contributed by atoms with van der Waals surface area (Å²) in [5, 5.41) is 14.0. The molecule has 2 N–H and O–H groups in total. The number of fused-ring (bicyclic) bond motifs is 1. The maximum atomic E-state index is 11.9. The minimum absolute atomic E-state index is 0.316. The first-order valence-electron chi connectivity index (χ1n) is 9.99. The van der Waals surface area contributed by atoms with Crippen LogP contribution in [0.25, 0.3) is 28.2 Å². The summed E-state index contributed by atoms with van der Waals surface area (Å²) in [4.78, 5) is 27.5. The molecule has 0 amide bonds. The predicted molar refractivity (Wildman–Crippen MR) is 124 cm³/mol. The van der Waals surface area contributed by atoms with Gasteiger partial charge in [-0.05, 0) is 36.4 Å². The molecule has 1 saturated heterocycles. The van der Waals surface area contributed by atoms with E-state index < -0.39 is 12.0 Å². The maximum Gasteiger partial charge on any atom is 0.327 e. The van der Waals surface area contributed by atoms with E-state index in [1.54, 1.807) is 23.1 Å². The Hall–Kier alpha value is -3.20. The normalized spacial score (nSPS) is 16.4. The molecule has 2 aromatic carbocycles. The summed E-state index contributed by atoms with van der Waals surface area (Å²) in [6.45, 7) is 1.44. The first-order valence-corrected chi connectivity index (χ1v) is 10.7. The van der Waals surface area contributed by atoms with E-state index in [2.05, 4.69) is 15.3 Å². The minimum Gasteiger partial charge on any atom is -0.480 e. The molecule has 3 heterocycles. The van der Waals surface area contributed by atoms with Crippen LogP contribution in [0.1, 0.15) is 0 Å². The summed E-state index contributed by atoms with van der Waals surface area (Å²) < 4.78 is 1.88. The quantitative estimate of drug-likeness (QED) is 0.471. The summed E-state index contributed by atoms with van der Waals surface area (Å²) in [5.41, 5.74) is 2.58. The first-order chi connectivity index (χ1) is 15.5. The zero-order valence-corrected chi connectivity index (χ0v) is 18.3. The van der Waals surface area contributed by atoms with E-state index in [-0.39, 0.29) is 0 Å². The Morgan fingerprint density at radius 3 is 2.62 bits per heavy atom. The van der Waals surface area contributed by atoms with Gasteiger partial charge in [0.2, 0.25) is 0 Å². The average Bonchev–Trinajstić information content (AvgIpc) is 3.19. The third kappa shape index (κ3) is 3.56. The lowest BCUT2D eigenvalue weighted by Crippen LogP contribution is -2.55. The van der Waals surface area contributed by atoms with Crippen molar-refractivity contribution in [3.63, 3.8) is 0 Å². The molecule has 0 bridgehead atoms. The molecule has 1 aliphatic heterocycles. The molecule has 1 fully saturated rings. The highest BCUT2D eigenvalue weighted by Gasteiger charge is 2.32. The number of hydrogen-bond acceptors (Lipinski definition) is 6. The van der Waals surface area contributed by atoms with Crippen LogP contribution in [-0.2, 0) is 4.79 Å². The van der Waals surface area contributed by atoms with Gasteiger partial charge in [-0.15, -0.1) is 0 Å². The fourth-order valence-corrected chi connectivity index (χ4v) is 4.27. The summed E-state index contributed by atoms with van der Waals surface area (Å²) in [5.74, 6) is 0.133. The molecule has 0 spiro atoms. The SMILES string of the molecule is O=C(O)C1CNCCN1c1ncnc2c1nc(-c1ccccc1Cl)n2-c1ccc(Cl)cc1. The largest absolute Gasteiger partial charge is 0.480 e. The highest BCUT2D eigenvalue weighted by Crippen LogP contribution is 2.35. The van der Waals surface area contributed by atoms with Crippen LogP contribution in [0.2, 0.25) is 10.0 Å². The average molecular weight is 469 g/mol. The maximum absolute atomic E-state index is 11.9. The monoisotopic (exact) mass is 468 g/mol. The Labute approximate surface area is 193 Å². The number of nitrogens with zero attached hydrogens (tertiary/aromatic N) is 5. The smallest absolute Gasteiger partial charge is 0.327 e. The number of carboxylic acid groups (broad SMARTS) is 1. The molecule has 0 saturated carbocycles. The van der Waals surface area contributed by atoms with Gasteiger partial charge in [-0.1, -0.05) is 35.3 Å². The third-order valence-corrected chi connectivity index (χ3v) is 6.01. The number of aromatic nitrogens is 4. The van der Waals surface area contributed by atoms with Gasteiger partial charge in [-0.2, -0.15) is 0 Å². The van der Waals surface area contributed by atoms with Crippen molar-refractivity contribution in [2.45, 2.75) is 6.04 Å². The van der Waals surface area contributed by atoms with Crippen molar-refractivity contribution in [1.29, 1.82) is 0 Å². The Morgan fingerprint density at radius 2 is 1.88 bits per heavy atom. The zero-order valence-electron chi connectivity index (χ0n) is 16.7. The lowest BCUT2D eigenvalue weighted by atomic mass is 10.2. The summed E-state index contributed by atoms with van der Waals surface area (Å²) in [6, 6.07) is 14.0. The second kappa shape index (κ2) is 8.38. The van der Waals surface area contributed by atoms with E-state index in [1.165, 1.54) is 6.33 Å². The van der Waals surface area contributed by atoms with Crippen molar-refractivity contribution in [3.05, 3.63) is 64.9 Å². The van der Waals surface area contributed by atoms with Gasteiger partial charge in [0, 0.05) is 35.9 Å². The molecule has 162 valence electrons. The Balaban J connectivity index is 1.78. The molecule has 5 rings (SSSR count). The first kappa shape index (κ1) is 20.7. The molecular formula is C22H18Cl2N6O2. The molecule has 0 radical (unpaired) electrons. The van der Waals surface area contributed by atoms with Crippen LogP contribution < -0.4 is 10.2 Å². The van der Waals surface area contributed by atoms with Crippen LogP contribution >= 0.6 is 23.2 Å². The second-order valence-electron chi connectivity index (χ2n) is 7.35. The minimum atomic E-state index is -0.924. The van der Waals surface area contributed by atoms with Crippen LogP contribution in [-0.4, -0.2) is 56.3 Å². The highest BCUT2D eigenvalue weighted by atomic mass is 35.5. The predicted octanol–water partition coefficient (Wildman–Crippen LogP) is 3.65. The van der Waals surface area contributed by atoms with Gasteiger partial charge in [0.25, 0.3) is 0 Å². The molecule has 0 aliphatic carbocycles. The molecular weight excluding hydrogens is 451 g/mol. The Bertz CT molecular complexity index is 1310. The van der Waals surface area contributed by atoms with E-state index in [0.29, 0.717) is 52.5 Å². The van der Waals surface area contributed by atoms with Crippen LogP contribution in [0.15, 0.2) is 54.9 Å². The van der Waals surface area contributed by atoms with Crippen molar-refractivity contribution in [1.82, 2.24) is 24.8 Å². The number of aliphatic carboxylic acids is 1. The van der Waals surface area contributed by atoms with Gasteiger partial charge in [0.15, 0.2) is 17.0 Å². The number of imidazole rings is 1. The van der Waals surface area contributed by atoms with Crippen LogP contribution in [0.3, 0.4) is 0 Å². The van der Waals surface area contributed by atoms with Crippen molar-refractivity contribution in [2.24, 2.45) is 0 Å². The molecule has 1 unspecified atom stereocenters. The molecule has 8 nitrogen and oxygen atoms in total. The fraction of sp³-hybridized carbons (Fsp3) is 0.182. The standard InChI is InChI=1S/C22H18Cl2N6O2/c23-13-5-7-14(8-6-13)30-19(15-3-1-2-4-16(15)24)28-18-20(26-12-27-21(18)30)29-10-9-25-11-17(29)22(31)32/h1-8,12,17,25H,9-11H2,(H,31,32). The summed E-state index contributed by atoms with van der Waals surface area (Å²) in [6.07, 6.45) is 1.43. The number of benzene rings is 2. The van der Waals surface area contributed by atoms with Crippen molar-refractivity contribution < 1.29 is 9.90 Å². The molecule has 2 aromatic heterocycles. The Morgan fingerprint density at radius 1 is 1.09 bits per heavy atom. The molecule has 1 atom stereocenters. The third-order valence-electron chi connectivity index (χ3n) is 5.43. The number of nitrogens with one attached hydrogen (secondary N) is 1. The number of carboxylic acids is 1. The van der Waals surface area contributed by atoms with Gasteiger partial charge in [0.05, 0.1) is 5.02 Å². The van der Waals surface area contributed by atoms with Crippen LogP contribution in [0.5, 0.6) is 0 Å². The van der Waals surface area contributed by atoms with Crippen molar-refractivity contribution >= 4 is 46.2 Å². The van der Waals surface area contributed by atoms with Gasteiger partial charge in [-0.25, -0.2) is 19.7 Å². The number of carbonyl (C=O) groups is 1. The van der Waals surface area contributed by atoms with Gasteiger partial charge < -0.3 is 15.3 Å². The lowest BCUT2D eigenvalue weighted by Gasteiger charge is -2.34. The number of hydrogen-bond donors (Lipinski definition) is 2. The van der Waals surface area contributed by atoms with Gasteiger partial charge >= 0.3 is 5.97 Å². The topological polar surface area (TPSA) is 96.2 Å². The van der Waals surface area contributed by atoms with Crippen molar-refractivity contribution in [2.75, 3.05) is 24.5 Å². The number of rotatable bonds is 4. The molecule has 32 heavy (non-hydrogen) atoms. The van der Waals surface area contributed by atoms with Crippen molar-refractivity contribution in [3.8, 4) is 17.1 Å². The van der Waals surface area contributed by atoms with E-state index in [4.69, 9.17) is 28.2 Å². The fourth-order valence-electron chi connectivity index (χ4n) is 3.93.